The van der Waals surface area contributed by atoms with Crippen molar-refractivity contribution < 1.29 is 0 Å². The van der Waals surface area contributed by atoms with Gasteiger partial charge in [-0.1, -0.05) is 35.7 Å². The summed E-state index contributed by atoms with van der Waals surface area (Å²) in [4.78, 5) is 1.20. The van der Waals surface area contributed by atoms with Crippen molar-refractivity contribution in [1.29, 1.82) is 0 Å². The van der Waals surface area contributed by atoms with Crippen LogP contribution in [0, 0.1) is 0 Å². The van der Waals surface area contributed by atoms with Crippen LogP contribution >= 0.6 is 23.4 Å². The number of benzene rings is 1. The monoisotopic (exact) mass is 281 g/mol. The zero-order valence-electron chi connectivity index (χ0n) is 10.6. The van der Waals surface area contributed by atoms with E-state index in [1.165, 1.54) is 42.6 Å². The van der Waals surface area contributed by atoms with E-state index in [2.05, 4.69) is 12.1 Å². The maximum Gasteiger partial charge on any atom is 0.0417 e. The van der Waals surface area contributed by atoms with Gasteiger partial charge in [-0.05, 0) is 43.9 Å². The second-order valence-corrected chi connectivity index (χ2v) is 6.28. The van der Waals surface area contributed by atoms with Crippen LogP contribution in [0.1, 0.15) is 32.1 Å². The van der Waals surface area contributed by atoms with Gasteiger partial charge in [0.2, 0.25) is 0 Å². The number of allylic oxidation sites excluding steroid dienone is 1. The molecule has 0 saturated heterocycles. The van der Waals surface area contributed by atoms with Gasteiger partial charge in [-0.3, -0.25) is 0 Å². The molecule has 0 bridgehead atoms. The van der Waals surface area contributed by atoms with E-state index in [0.29, 0.717) is 0 Å². The number of rotatable bonds is 4. The number of hydrogen-bond donors (Lipinski definition) is 1. The van der Waals surface area contributed by atoms with Crippen molar-refractivity contribution in [2.45, 2.75) is 43.0 Å². The van der Waals surface area contributed by atoms with E-state index < -0.39 is 0 Å². The van der Waals surface area contributed by atoms with Crippen molar-refractivity contribution in [2.24, 2.45) is 5.73 Å². The van der Waals surface area contributed by atoms with Gasteiger partial charge in [0.05, 0.1) is 0 Å². The average Bonchev–Trinajstić information content (AvgIpc) is 2.65. The lowest BCUT2D eigenvalue weighted by Crippen LogP contribution is -2.25. The third kappa shape index (κ3) is 4.34. The molecule has 0 fully saturated rings. The van der Waals surface area contributed by atoms with Gasteiger partial charge in [0.15, 0.2) is 0 Å². The SMILES string of the molecule is NC(CSc1cccc(Cl)c1)C1=CCCCCC1. The van der Waals surface area contributed by atoms with Crippen LogP contribution in [-0.4, -0.2) is 11.8 Å². The van der Waals surface area contributed by atoms with Crippen LogP contribution in [0.15, 0.2) is 40.8 Å². The van der Waals surface area contributed by atoms with Gasteiger partial charge in [0.1, 0.15) is 0 Å². The van der Waals surface area contributed by atoms with E-state index in [9.17, 15) is 0 Å². The number of halogens is 1. The van der Waals surface area contributed by atoms with E-state index in [0.717, 1.165) is 10.8 Å². The van der Waals surface area contributed by atoms with Gasteiger partial charge >= 0.3 is 0 Å². The smallest absolute Gasteiger partial charge is 0.0417 e. The second kappa shape index (κ2) is 7.22. The van der Waals surface area contributed by atoms with Crippen LogP contribution in [0.25, 0.3) is 0 Å². The summed E-state index contributed by atoms with van der Waals surface area (Å²) in [6, 6.07) is 8.16. The van der Waals surface area contributed by atoms with Crippen molar-refractivity contribution >= 4 is 23.4 Å². The maximum absolute atomic E-state index is 6.28. The molecule has 2 N–H and O–H groups in total. The molecular weight excluding hydrogens is 262 g/mol. The van der Waals surface area contributed by atoms with Gasteiger partial charge in [-0.25, -0.2) is 0 Å². The molecule has 0 radical (unpaired) electrons. The first-order valence-corrected chi connectivity index (χ1v) is 7.95. The van der Waals surface area contributed by atoms with Crippen molar-refractivity contribution in [3.63, 3.8) is 0 Å². The lowest BCUT2D eigenvalue weighted by molar-refractivity contribution is 0.693. The molecule has 2 rings (SSSR count). The fourth-order valence-corrected chi connectivity index (χ4v) is 3.45. The summed E-state index contributed by atoms with van der Waals surface area (Å²) in [6.07, 6.45) is 8.69. The zero-order chi connectivity index (χ0) is 12.8. The summed E-state index contributed by atoms with van der Waals surface area (Å²) in [5, 5.41) is 0.794. The van der Waals surface area contributed by atoms with Crippen LogP contribution in [-0.2, 0) is 0 Å². The molecule has 1 aromatic carbocycles. The van der Waals surface area contributed by atoms with E-state index in [4.69, 9.17) is 17.3 Å². The Kier molecular flexibility index (Phi) is 5.61. The number of thioether (sulfide) groups is 1. The summed E-state index contributed by atoms with van der Waals surface area (Å²) in [5.41, 5.74) is 7.73. The van der Waals surface area contributed by atoms with Crippen molar-refractivity contribution in [2.75, 3.05) is 5.75 Å². The topological polar surface area (TPSA) is 26.0 Å². The average molecular weight is 282 g/mol. The molecule has 0 aliphatic heterocycles. The minimum atomic E-state index is 0.187. The molecular formula is C15H20ClNS. The van der Waals surface area contributed by atoms with E-state index in [-0.39, 0.29) is 6.04 Å². The summed E-state index contributed by atoms with van der Waals surface area (Å²) in [6.45, 7) is 0. The van der Waals surface area contributed by atoms with Gasteiger partial charge in [0, 0.05) is 21.7 Å². The molecule has 1 aliphatic rings. The zero-order valence-corrected chi connectivity index (χ0v) is 12.1. The molecule has 0 heterocycles. The Bertz CT molecular complexity index is 417. The highest BCUT2D eigenvalue weighted by molar-refractivity contribution is 7.99. The first kappa shape index (κ1) is 14.0. The standard InChI is InChI=1S/C15H20ClNS/c16-13-8-5-9-14(10-13)18-11-15(17)12-6-3-1-2-4-7-12/h5-6,8-10,15H,1-4,7,11,17H2. The molecule has 1 atom stereocenters. The minimum Gasteiger partial charge on any atom is -0.324 e. The molecule has 1 nitrogen and oxygen atoms in total. The van der Waals surface area contributed by atoms with Gasteiger partial charge < -0.3 is 5.73 Å². The number of hydrogen-bond acceptors (Lipinski definition) is 2. The largest absolute Gasteiger partial charge is 0.324 e. The van der Waals surface area contributed by atoms with Crippen LogP contribution in [0.2, 0.25) is 5.02 Å². The van der Waals surface area contributed by atoms with Gasteiger partial charge in [-0.15, -0.1) is 11.8 Å². The third-order valence-electron chi connectivity index (χ3n) is 3.28. The quantitative estimate of drug-likeness (QED) is 0.642. The molecule has 18 heavy (non-hydrogen) atoms. The molecule has 98 valence electrons. The Morgan fingerprint density at radius 2 is 2.17 bits per heavy atom. The first-order valence-electron chi connectivity index (χ1n) is 6.58. The molecule has 1 aromatic rings. The van der Waals surface area contributed by atoms with E-state index in [1.54, 1.807) is 11.8 Å². The third-order valence-corrected chi connectivity index (χ3v) is 4.63. The molecule has 3 heteroatoms. The molecule has 1 aliphatic carbocycles. The van der Waals surface area contributed by atoms with Gasteiger partial charge in [0.25, 0.3) is 0 Å². The van der Waals surface area contributed by atoms with Crippen LogP contribution < -0.4 is 5.73 Å². The lowest BCUT2D eigenvalue weighted by Gasteiger charge is -2.15. The Morgan fingerprint density at radius 3 is 3.00 bits per heavy atom. The summed E-state index contributed by atoms with van der Waals surface area (Å²) < 4.78 is 0. The lowest BCUT2D eigenvalue weighted by atomic mass is 10.0. The Balaban J connectivity index is 1.87. The van der Waals surface area contributed by atoms with Crippen LogP contribution in [0.5, 0.6) is 0 Å². The van der Waals surface area contributed by atoms with Crippen molar-refractivity contribution in [3.8, 4) is 0 Å². The van der Waals surface area contributed by atoms with Crippen LogP contribution in [0.3, 0.4) is 0 Å². The van der Waals surface area contributed by atoms with Crippen molar-refractivity contribution in [1.82, 2.24) is 0 Å². The molecule has 0 aromatic heterocycles. The Hall–Kier alpha value is -0.440. The predicted octanol–water partition coefficient (Wildman–Crippen LogP) is 4.65. The summed E-state index contributed by atoms with van der Waals surface area (Å²) >= 11 is 7.77. The molecule has 1 unspecified atom stereocenters. The second-order valence-electron chi connectivity index (χ2n) is 4.75. The summed E-state index contributed by atoms with van der Waals surface area (Å²) in [5.74, 6) is 0.937. The highest BCUT2D eigenvalue weighted by Gasteiger charge is 2.11. The number of nitrogens with two attached hydrogens (primary N) is 1. The normalized spacial score (nSPS) is 18.0. The Labute approximate surface area is 119 Å². The summed E-state index contributed by atoms with van der Waals surface area (Å²) in [7, 11) is 0. The molecule has 0 amide bonds. The predicted molar refractivity (Wildman–Crippen MR) is 81.3 cm³/mol. The molecule has 0 saturated carbocycles. The first-order chi connectivity index (χ1) is 8.75. The fourth-order valence-electron chi connectivity index (χ4n) is 2.23. The van der Waals surface area contributed by atoms with Crippen molar-refractivity contribution in [3.05, 3.63) is 40.9 Å². The Morgan fingerprint density at radius 1 is 1.28 bits per heavy atom. The van der Waals surface area contributed by atoms with E-state index in [1.807, 2.05) is 18.2 Å². The van der Waals surface area contributed by atoms with Crippen LogP contribution in [0.4, 0.5) is 0 Å². The maximum atomic E-state index is 6.28. The van der Waals surface area contributed by atoms with E-state index >= 15 is 0 Å². The van der Waals surface area contributed by atoms with Gasteiger partial charge in [-0.2, -0.15) is 0 Å². The highest BCUT2D eigenvalue weighted by Crippen LogP contribution is 2.25. The fraction of sp³-hybridized carbons (Fsp3) is 0.467. The minimum absolute atomic E-state index is 0.187. The molecule has 0 spiro atoms. The highest BCUT2D eigenvalue weighted by atomic mass is 35.5.